The van der Waals surface area contributed by atoms with Crippen molar-refractivity contribution in [1.82, 2.24) is 4.90 Å². The summed E-state index contributed by atoms with van der Waals surface area (Å²) < 4.78 is 24.8. The van der Waals surface area contributed by atoms with Gasteiger partial charge in [0.05, 0.1) is 16.6 Å². The van der Waals surface area contributed by atoms with E-state index in [1.165, 1.54) is 16.7 Å². The van der Waals surface area contributed by atoms with Gasteiger partial charge in [0.15, 0.2) is 9.84 Å². The van der Waals surface area contributed by atoms with E-state index < -0.39 is 15.4 Å². The lowest BCUT2D eigenvalue weighted by Gasteiger charge is -2.31. The summed E-state index contributed by atoms with van der Waals surface area (Å²) in [5.41, 5.74) is 4.29. The molecule has 0 spiro atoms. The van der Waals surface area contributed by atoms with Crippen LogP contribution in [0.3, 0.4) is 0 Å². The van der Waals surface area contributed by atoms with Crippen molar-refractivity contribution < 1.29 is 13.5 Å². The van der Waals surface area contributed by atoms with Crippen LogP contribution in [0, 0.1) is 11.8 Å². The van der Waals surface area contributed by atoms with Gasteiger partial charge in [0.2, 0.25) is 0 Å². The van der Waals surface area contributed by atoms with E-state index in [0.717, 1.165) is 50.9 Å². The molecule has 0 bridgehead atoms. The first-order valence-corrected chi connectivity index (χ1v) is 13.3. The lowest BCUT2D eigenvalue weighted by molar-refractivity contribution is 0.0142. The quantitative estimate of drug-likeness (QED) is 0.755. The van der Waals surface area contributed by atoms with Crippen LogP contribution in [0.4, 0.5) is 0 Å². The first-order valence-electron chi connectivity index (χ1n) is 11.6. The van der Waals surface area contributed by atoms with E-state index in [2.05, 4.69) is 48.2 Å². The summed E-state index contributed by atoms with van der Waals surface area (Å²) in [6.45, 7) is 5.12. The predicted molar refractivity (Wildman–Crippen MR) is 122 cm³/mol. The van der Waals surface area contributed by atoms with Crippen LogP contribution in [0.1, 0.15) is 42.0 Å². The molecule has 0 radical (unpaired) electrons. The van der Waals surface area contributed by atoms with Gasteiger partial charge in [-0.05, 0) is 46.9 Å². The zero-order valence-electron chi connectivity index (χ0n) is 18.1. The van der Waals surface area contributed by atoms with Gasteiger partial charge in [0.1, 0.15) is 0 Å². The molecule has 1 saturated heterocycles. The Morgan fingerprint density at radius 3 is 2.26 bits per heavy atom. The minimum Gasteiger partial charge on any atom is -0.388 e. The summed E-state index contributed by atoms with van der Waals surface area (Å²) in [6, 6.07) is 16.7. The molecule has 6 rings (SSSR count). The maximum atomic E-state index is 12.4. The maximum absolute atomic E-state index is 12.4. The molecule has 3 aliphatic carbocycles. The zero-order valence-corrected chi connectivity index (χ0v) is 18.9. The van der Waals surface area contributed by atoms with E-state index in [9.17, 15) is 13.5 Å². The van der Waals surface area contributed by atoms with E-state index in [1.54, 1.807) is 0 Å². The number of hydrogen-bond donors (Lipinski definition) is 1. The van der Waals surface area contributed by atoms with E-state index in [1.807, 2.05) is 12.1 Å². The van der Waals surface area contributed by atoms with Crippen molar-refractivity contribution >= 4 is 9.84 Å². The van der Waals surface area contributed by atoms with Crippen LogP contribution in [0.25, 0.3) is 0 Å². The molecule has 31 heavy (non-hydrogen) atoms. The predicted octanol–water partition coefficient (Wildman–Crippen LogP) is 3.11. The van der Waals surface area contributed by atoms with Gasteiger partial charge in [-0.15, -0.1) is 0 Å². The molecule has 0 aromatic heterocycles. The van der Waals surface area contributed by atoms with Crippen LogP contribution in [-0.4, -0.2) is 48.9 Å². The van der Waals surface area contributed by atoms with Crippen molar-refractivity contribution in [2.75, 3.05) is 19.6 Å². The molecule has 1 heterocycles. The summed E-state index contributed by atoms with van der Waals surface area (Å²) in [4.78, 5) is 2.45. The molecule has 0 amide bonds. The summed E-state index contributed by atoms with van der Waals surface area (Å²) in [6.07, 6.45) is 3.17. The molecule has 1 N–H and O–H groups in total. The van der Waals surface area contributed by atoms with E-state index in [4.69, 9.17) is 0 Å². The molecule has 1 unspecified atom stereocenters. The van der Waals surface area contributed by atoms with Crippen molar-refractivity contribution in [2.45, 2.75) is 54.6 Å². The fraction of sp³-hybridized carbons (Fsp3) is 0.538. The Bertz CT molecular complexity index is 1100. The third-order valence-corrected chi connectivity index (χ3v) is 10.7. The average Bonchev–Trinajstić information content (AvgIpc) is 3.57. The van der Waals surface area contributed by atoms with Crippen LogP contribution in [0.15, 0.2) is 48.5 Å². The second-order valence-corrected chi connectivity index (χ2v) is 13.0. The van der Waals surface area contributed by atoms with E-state index in [-0.39, 0.29) is 16.4 Å². The molecule has 5 heteroatoms. The van der Waals surface area contributed by atoms with Crippen LogP contribution in [0.2, 0.25) is 0 Å². The highest BCUT2D eigenvalue weighted by molar-refractivity contribution is 7.91. The number of likely N-dealkylation sites (tertiary alicyclic amines) is 1. The summed E-state index contributed by atoms with van der Waals surface area (Å²) >= 11 is 0. The number of sulfone groups is 1. The molecule has 1 aliphatic heterocycles. The lowest BCUT2D eigenvalue weighted by atomic mass is 9.90. The Kier molecular flexibility index (Phi) is 4.29. The van der Waals surface area contributed by atoms with Gasteiger partial charge in [-0.1, -0.05) is 55.5 Å². The Morgan fingerprint density at radius 1 is 1.00 bits per heavy atom. The number of aliphatic hydroxyl groups is 1. The minimum atomic E-state index is -2.99. The fourth-order valence-corrected chi connectivity index (χ4v) is 8.23. The number of nitrogens with zero attached hydrogens (tertiary/aromatic N) is 1. The monoisotopic (exact) mass is 437 g/mol. The van der Waals surface area contributed by atoms with Gasteiger partial charge >= 0.3 is 0 Å². The smallest absolute Gasteiger partial charge is 0.157 e. The van der Waals surface area contributed by atoms with Crippen molar-refractivity contribution in [3.8, 4) is 0 Å². The molecule has 2 aromatic carbocycles. The standard InChI is InChI=1S/C26H31NO3S/c1-25(21-8-4-5-18(11-21)16-31(29,30)22-9-10-22)23-14-27(15-24(23)25)17-26(28)12-19-6-2-3-7-20(19)13-26/h2-8,11,22-24,28H,9-10,12-17H2,1H3/t23-,24+,25?. The largest absolute Gasteiger partial charge is 0.388 e. The summed E-state index contributed by atoms with van der Waals surface area (Å²) in [5.74, 6) is 1.36. The first-order chi connectivity index (χ1) is 14.8. The molecule has 3 fully saturated rings. The second kappa shape index (κ2) is 6.66. The van der Waals surface area contributed by atoms with Crippen LogP contribution < -0.4 is 0 Å². The van der Waals surface area contributed by atoms with Gasteiger partial charge in [-0.25, -0.2) is 8.42 Å². The molecule has 4 aliphatic rings. The number of fused-ring (bicyclic) bond motifs is 2. The minimum absolute atomic E-state index is 0.104. The highest BCUT2D eigenvalue weighted by Gasteiger charge is 2.66. The SMILES string of the molecule is CC1(c2cccc(CS(=O)(=O)C3CC3)c2)[C@@H]2CN(CC3(O)Cc4ccccc4C3)C[C@@H]21. The van der Waals surface area contributed by atoms with Gasteiger partial charge in [-0.3, -0.25) is 4.90 Å². The van der Waals surface area contributed by atoms with Crippen molar-refractivity contribution in [3.05, 3.63) is 70.8 Å². The third kappa shape index (κ3) is 3.37. The van der Waals surface area contributed by atoms with E-state index in [0.29, 0.717) is 11.8 Å². The van der Waals surface area contributed by atoms with E-state index >= 15 is 0 Å². The summed E-state index contributed by atoms with van der Waals surface area (Å²) in [7, 11) is -2.99. The van der Waals surface area contributed by atoms with Gasteiger partial charge in [-0.2, -0.15) is 0 Å². The van der Waals surface area contributed by atoms with Crippen LogP contribution in [0.5, 0.6) is 0 Å². The number of benzene rings is 2. The molecule has 4 nitrogen and oxygen atoms in total. The average molecular weight is 438 g/mol. The molecule has 2 aromatic rings. The third-order valence-electron chi connectivity index (χ3n) is 8.45. The van der Waals surface area contributed by atoms with Crippen molar-refractivity contribution in [1.29, 1.82) is 0 Å². The second-order valence-electron chi connectivity index (χ2n) is 10.7. The normalized spacial score (nSPS) is 31.4. The molecule has 164 valence electrons. The van der Waals surface area contributed by atoms with Gasteiger partial charge in [0, 0.05) is 37.9 Å². The summed E-state index contributed by atoms with van der Waals surface area (Å²) in [5, 5.41) is 11.1. The topological polar surface area (TPSA) is 57.6 Å². The zero-order chi connectivity index (χ0) is 21.4. The Labute approximate surface area is 185 Å². The molecule has 2 saturated carbocycles. The number of β-amino-alcohol motifs (C(OH)–C–C–N with tert-alkyl or cyclic N) is 1. The number of rotatable bonds is 6. The fourth-order valence-electron chi connectivity index (χ4n) is 6.50. The highest BCUT2D eigenvalue weighted by Crippen LogP contribution is 2.63. The van der Waals surface area contributed by atoms with Crippen LogP contribution in [-0.2, 0) is 33.8 Å². The van der Waals surface area contributed by atoms with Crippen molar-refractivity contribution in [3.63, 3.8) is 0 Å². The Balaban J connectivity index is 1.12. The molecular weight excluding hydrogens is 406 g/mol. The van der Waals surface area contributed by atoms with Crippen LogP contribution >= 0.6 is 0 Å². The van der Waals surface area contributed by atoms with Crippen molar-refractivity contribution in [2.24, 2.45) is 11.8 Å². The van der Waals surface area contributed by atoms with Gasteiger partial charge < -0.3 is 5.11 Å². The lowest BCUT2D eigenvalue weighted by Crippen LogP contribution is -2.44. The Morgan fingerprint density at radius 2 is 1.65 bits per heavy atom. The number of piperidine rings is 1. The molecular formula is C26H31NO3S. The first kappa shape index (κ1) is 20.0. The number of hydrogen-bond acceptors (Lipinski definition) is 4. The maximum Gasteiger partial charge on any atom is 0.157 e. The highest BCUT2D eigenvalue weighted by atomic mass is 32.2. The Hall–Kier alpha value is -1.69. The van der Waals surface area contributed by atoms with Gasteiger partial charge in [0.25, 0.3) is 0 Å². The molecule has 3 atom stereocenters.